The van der Waals surface area contributed by atoms with Gasteiger partial charge in [0.2, 0.25) is 0 Å². The van der Waals surface area contributed by atoms with Crippen LogP contribution < -0.4 is 0 Å². The van der Waals surface area contributed by atoms with Gasteiger partial charge in [-0.2, -0.15) is 0 Å². The van der Waals surface area contributed by atoms with E-state index in [1.54, 1.807) is 0 Å². The van der Waals surface area contributed by atoms with E-state index < -0.39 is 6.10 Å². The third-order valence-corrected chi connectivity index (χ3v) is 6.87. The fourth-order valence-corrected chi connectivity index (χ4v) is 4.25. The third-order valence-electron chi connectivity index (χ3n) is 6.87. The smallest absolute Gasteiger partial charge is 0.306 e. The molecule has 46 heavy (non-hydrogen) atoms. The number of aliphatic hydroxyl groups is 1. The second-order valence-corrected chi connectivity index (χ2v) is 11.2. The van der Waals surface area contributed by atoms with Crippen LogP contribution in [0, 0.1) is 0 Å². The predicted molar refractivity (Wildman–Crippen MR) is 195 cm³/mol. The predicted octanol–water partition coefficient (Wildman–Crippen LogP) is 10.9. The fraction of sp³-hybridized carbons (Fsp3) is 0.561. The molecule has 0 rings (SSSR count). The number of hydrogen-bond acceptors (Lipinski definition) is 5. The fourth-order valence-electron chi connectivity index (χ4n) is 4.25. The van der Waals surface area contributed by atoms with Crippen LogP contribution in [0.3, 0.4) is 0 Å². The van der Waals surface area contributed by atoms with Crippen molar-refractivity contribution in [1.29, 1.82) is 0 Å². The van der Waals surface area contributed by atoms with Crippen LogP contribution in [0.1, 0.15) is 129 Å². The second-order valence-electron chi connectivity index (χ2n) is 11.2. The first-order chi connectivity index (χ1) is 22.6. The van der Waals surface area contributed by atoms with Crippen molar-refractivity contribution >= 4 is 11.9 Å². The molecule has 0 spiro atoms. The van der Waals surface area contributed by atoms with Crippen LogP contribution in [0.2, 0.25) is 0 Å². The van der Waals surface area contributed by atoms with Crippen LogP contribution in [0.25, 0.3) is 0 Å². The highest BCUT2D eigenvalue weighted by Crippen LogP contribution is 2.10. The molecule has 0 unspecified atom stereocenters. The Morgan fingerprint density at radius 3 is 1.37 bits per heavy atom. The van der Waals surface area contributed by atoms with Crippen molar-refractivity contribution in [3.8, 4) is 0 Å². The summed E-state index contributed by atoms with van der Waals surface area (Å²) in [7, 11) is 0. The summed E-state index contributed by atoms with van der Waals surface area (Å²) in [4.78, 5) is 24.2. The zero-order chi connectivity index (χ0) is 33.6. The Kier molecular flexibility index (Phi) is 33.8. The number of allylic oxidation sites excluding steroid dienone is 16. The monoisotopic (exact) mass is 636 g/mol. The van der Waals surface area contributed by atoms with Crippen LogP contribution in [0.15, 0.2) is 97.2 Å². The molecule has 1 N–H and O–H groups in total. The highest BCUT2D eigenvalue weighted by molar-refractivity contribution is 5.70. The van der Waals surface area contributed by atoms with E-state index in [1.165, 1.54) is 0 Å². The number of carbonyl (C=O) groups excluding carboxylic acids is 2. The Morgan fingerprint density at radius 1 is 0.500 bits per heavy atom. The number of unbranched alkanes of at least 4 members (excludes halogenated alkanes) is 6. The quantitative estimate of drug-likeness (QED) is 0.0482. The zero-order valence-corrected chi connectivity index (χ0v) is 29.0. The summed E-state index contributed by atoms with van der Waals surface area (Å²) < 4.78 is 10.5. The zero-order valence-electron chi connectivity index (χ0n) is 29.0. The van der Waals surface area contributed by atoms with Gasteiger partial charge in [0.25, 0.3) is 0 Å². The van der Waals surface area contributed by atoms with Gasteiger partial charge in [-0.25, -0.2) is 0 Å². The van der Waals surface area contributed by atoms with Gasteiger partial charge in [-0.3, -0.25) is 9.59 Å². The molecular formula is C41H64O5. The molecule has 0 saturated heterocycles. The molecule has 1 atom stereocenters. The van der Waals surface area contributed by atoms with Crippen LogP contribution in [-0.4, -0.2) is 36.4 Å². The number of hydrogen-bond donors (Lipinski definition) is 1. The highest BCUT2D eigenvalue weighted by atomic mass is 16.6. The van der Waals surface area contributed by atoms with Gasteiger partial charge in [0.1, 0.15) is 6.61 Å². The van der Waals surface area contributed by atoms with Crippen molar-refractivity contribution < 1.29 is 24.2 Å². The van der Waals surface area contributed by atoms with E-state index in [-0.39, 0.29) is 25.2 Å². The van der Waals surface area contributed by atoms with Crippen molar-refractivity contribution in [1.82, 2.24) is 0 Å². The van der Waals surface area contributed by atoms with Crippen molar-refractivity contribution in [2.24, 2.45) is 0 Å². The molecule has 0 aliphatic carbocycles. The lowest BCUT2D eigenvalue weighted by Gasteiger charge is -2.15. The van der Waals surface area contributed by atoms with Gasteiger partial charge in [0, 0.05) is 12.8 Å². The maximum absolute atomic E-state index is 12.1. The molecule has 0 aromatic rings. The Labute approximate surface area is 281 Å². The highest BCUT2D eigenvalue weighted by Gasteiger charge is 2.15. The minimum Gasteiger partial charge on any atom is -0.462 e. The molecule has 0 fully saturated rings. The summed E-state index contributed by atoms with van der Waals surface area (Å²) in [6.45, 7) is 3.81. The minimum absolute atomic E-state index is 0.109. The average Bonchev–Trinajstić information content (AvgIpc) is 3.06. The topological polar surface area (TPSA) is 72.8 Å². The Bertz CT molecular complexity index is 948. The van der Waals surface area contributed by atoms with Gasteiger partial charge >= 0.3 is 11.9 Å². The summed E-state index contributed by atoms with van der Waals surface area (Å²) in [5.41, 5.74) is 0. The van der Waals surface area contributed by atoms with E-state index >= 15 is 0 Å². The van der Waals surface area contributed by atoms with E-state index in [0.717, 1.165) is 96.3 Å². The lowest BCUT2D eigenvalue weighted by molar-refractivity contribution is -0.161. The Balaban J connectivity index is 3.75. The Morgan fingerprint density at radius 2 is 0.891 bits per heavy atom. The van der Waals surface area contributed by atoms with Crippen LogP contribution in [0.5, 0.6) is 0 Å². The summed E-state index contributed by atoms with van der Waals surface area (Å²) in [5.74, 6) is -0.692. The Hall–Kier alpha value is -3.18. The van der Waals surface area contributed by atoms with E-state index in [4.69, 9.17) is 9.47 Å². The maximum atomic E-state index is 12.1. The van der Waals surface area contributed by atoms with Crippen LogP contribution in [0.4, 0.5) is 0 Å². The van der Waals surface area contributed by atoms with Gasteiger partial charge in [0.15, 0.2) is 6.10 Å². The molecule has 0 radical (unpaired) electrons. The van der Waals surface area contributed by atoms with E-state index in [9.17, 15) is 14.7 Å². The largest absolute Gasteiger partial charge is 0.462 e. The van der Waals surface area contributed by atoms with E-state index in [2.05, 4.69) is 111 Å². The standard InChI is InChI=1S/C41H64O5/c1-3-5-7-9-11-13-15-17-19-20-22-23-25-27-29-31-33-35-40(43)45-38-39(37-42)46-41(44)36-34-32-30-28-26-24-21-18-16-14-12-10-8-6-4-2/h5-8,11-14,17-19,21-23,27,29,39,42H,3-4,9-10,15-16,20,24-26,28,30-38H2,1-2H3/b7-5+,8-6+,13-11+,14-12+,19-17+,21-18+,23-22+,29-27+/t39-/m0/s1. The molecule has 0 aliphatic rings. The third kappa shape index (κ3) is 33.7. The van der Waals surface area contributed by atoms with Crippen LogP contribution >= 0.6 is 0 Å². The van der Waals surface area contributed by atoms with Gasteiger partial charge in [-0.1, -0.05) is 130 Å². The molecule has 0 aromatic carbocycles. The number of ether oxygens (including phenoxy) is 2. The molecule has 0 bridgehead atoms. The number of esters is 2. The van der Waals surface area contributed by atoms with E-state index in [1.807, 2.05) is 0 Å². The summed E-state index contributed by atoms with van der Waals surface area (Å²) in [6, 6.07) is 0. The molecular weight excluding hydrogens is 572 g/mol. The lowest BCUT2D eigenvalue weighted by Crippen LogP contribution is -2.28. The lowest BCUT2D eigenvalue weighted by atomic mass is 10.1. The first kappa shape index (κ1) is 42.8. The second kappa shape index (κ2) is 36.3. The molecule has 0 saturated carbocycles. The molecule has 5 heteroatoms. The SMILES string of the molecule is CC/C=C/C/C=C/C/C=C/C/C=C/C/C=C/CCCC(=O)OC[C@H](CO)OC(=O)CCCCCCC/C=C/C/C=C/C/C=C/CC. The summed E-state index contributed by atoms with van der Waals surface area (Å²) in [5, 5.41) is 9.52. The number of aliphatic hydroxyl groups excluding tert-OH is 1. The van der Waals surface area contributed by atoms with Crippen molar-refractivity contribution in [3.63, 3.8) is 0 Å². The van der Waals surface area contributed by atoms with Crippen molar-refractivity contribution in [2.75, 3.05) is 13.2 Å². The molecule has 0 amide bonds. The average molecular weight is 637 g/mol. The van der Waals surface area contributed by atoms with Crippen molar-refractivity contribution in [2.45, 2.75) is 136 Å². The number of rotatable bonds is 30. The summed E-state index contributed by atoms with van der Waals surface area (Å²) >= 11 is 0. The maximum Gasteiger partial charge on any atom is 0.306 e. The molecule has 0 aliphatic heterocycles. The molecule has 258 valence electrons. The van der Waals surface area contributed by atoms with Gasteiger partial charge in [0.05, 0.1) is 6.61 Å². The summed E-state index contributed by atoms with van der Waals surface area (Å²) in [6.07, 6.45) is 50.3. The minimum atomic E-state index is -0.808. The molecule has 0 aromatic heterocycles. The van der Waals surface area contributed by atoms with Crippen molar-refractivity contribution in [3.05, 3.63) is 97.2 Å². The van der Waals surface area contributed by atoms with E-state index in [0.29, 0.717) is 19.3 Å². The normalized spacial score (nSPS) is 13.4. The number of carbonyl (C=O) groups is 2. The van der Waals surface area contributed by atoms with Gasteiger partial charge in [-0.15, -0.1) is 0 Å². The van der Waals surface area contributed by atoms with Gasteiger partial charge < -0.3 is 14.6 Å². The molecule has 0 heterocycles. The molecule has 5 nitrogen and oxygen atoms in total. The first-order valence-electron chi connectivity index (χ1n) is 17.8. The van der Waals surface area contributed by atoms with Crippen LogP contribution in [-0.2, 0) is 19.1 Å². The van der Waals surface area contributed by atoms with Gasteiger partial charge in [-0.05, 0) is 83.5 Å². The first-order valence-corrected chi connectivity index (χ1v) is 17.8.